The molecule has 4 N–H and O–H groups in total. The topological polar surface area (TPSA) is 101 Å². The second-order valence-electron chi connectivity index (χ2n) is 2.83. The zero-order valence-corrected chi connectivity index (χ0v) is 7.79. The van der Waals surface area contributed by atoms with Gasteiger partial charge in [0.2, 0.25) is 0 Å². The van der Waals surface area contributed by atoms with Crippen LogP contribution in [0, 0.1) is 0 Å². The van der Waals surface area contributed by atoms with E-state index in [9.17, 15) is 8.42 Å². The Morgan fingerprint density at radius 1 is 1.42 bits per heavy atom. The molecule has 0 aromatic rings. The largest absolute Gasteiger partial charge is 0.393 e. The Bertz CT molecular complexity index is 212. The molecule has 0 aliphatic heterocycles. The zero-order valence-electron chi connectivity index (χ0n) is 6.97. The van der Waals surface area contributed by atoms with E-state index in [1.807, 2.05) is 0 Å². The second-order valence-corrected chi connectivity index (χ2v) is 4.47. The first-order valence-electron chi connectivity index (χ1n) is 3.74. The predicted octanol–water partition coefficient (Wildman–Crippen LogP) is -0.290. The molecule has 0 aliphatic rings. The summed E-state index contributed by atoms with van der Waals surface area (Å²) in [6.45, 7) is 1.61. The Balaban J connectivity index is 3.66. The van der Waals surface area contributed by atoms with Gasteiger partial charge in [0.05, 0.1) is 6.10 Å². The number of rotatable bonds is 5. The van der Waals surface area contributed by atoms with Crippen molar-refractivity contribution >= 4 is 10.1 Å². The van der Waals surface area contributed by atoms with Gasteiger partial charge in [-0.1, -0.05) is 0 Å². The van der Waals surface area contributed by atoms with Gasteiger partial charge in [0.1, 0.15) is 5.37 Å². The molecule has 0 amide bonds. The monoisotopic (exact) mass is 197 g/mol. The van der Waals surface area contributed by atoms with Crippen molar-refractivity contribution in [1.29, 1.82) is 0 Å². The molecular weight excluding hydrogens is 182 g/mol. The van der Waals surface area contributed by atoms with Crippen LogP contribution < -0.4 is 5.73 Å². The van der Waals surface area contributed by atoms with Gasteiger partial charge in [-0.3, -0.25) is 4.55 Å². The first kappa shape index (κ1) is 11.8. The molecule has 5 nitrogen and oxygen atoms in total. The molecule has 0 saturated carbocycles. The van der Waals surface area contributed by atoms with Crippen molar-refractivity contribution in [1.82, 2.24) is 0 Å². The Hall–Kier alpha value is -0.170. The van der Waals surface area contributed by atoms with Crippen LogP contribution in [0.4, 0.5) is 0 Å². The highest BCUT2D eigenvalue weighted by molar-refractivity contribution is 7.86. The fourth-order valence-corrected chi connectivity index (χ4v) is 1.23. The van der Waals surface area contributed by atoms with Gasteiger partial charge in [-0.05, 0) is 26.2 Å². The third-order valence-electron chi connectivity index (χ3n) is 1.49. The van der Waals surface area contributed by atoms with Crippen LogP contribution in [0.25, 0.3) is 0 Å². The molecule has 74 valence electrons. The van der Waals surface area contributed by atoms with Gasteiger partial charge < -0.3 is 10.8 Å². The van der Waals surface area contributed by atoms with E-state index in [0.29, 0.717) is 12.8 Å². The lowest BCUT2D eigenvalue weighted by Crippen LogP contribution is -2.29. The lowest BCUT2D eigenvalue weighted by atomic mass is 10.2. The number of aliphatic hydroxyl groups excluding tert-OH is 1. The Morgan fingerprint density at radius 3 is 2.25 bits per heavy atom. The van der Waals surface area contributed by atoms with Gasteiger partial charge in [0.15, 0.2) is 0 Å². The lowest BCUT2D eigenvalue weighted by Gasteiger charge is -2.08. The van der Waals surface area contributed by atoms with Gasteiger partial charge >= 0.3 is 0 Å². The van der Waals surface area contributed by atoms with Gasteiger partial charge in [-0.15, -0.1) is 0 Å². The van der Waals surface area contributed by atoms with Crippen molar-refractivity contribution in [3.63, 3.8) is 0 Å². The minimum absolute atomic E-state index is 0.170. The summed E-state index contributed by atoms with van der Waals surface area (Å²) < 4.78 is 29.2. The number of nitrogens with two attached hydrogens (primary N) is 1. The van der Waals surface area contributed by atoms with E-state index in [1.165, 1.54) is 0 Å². The normalized spacial score (nSPS) is 17.3. The van der Waals surface area contributed by atoms with Crippen LogP contribution in [0.2, 0.25) is 0 Å². The molecule has 12 heavy (non-hydrogen) atoms. The number of hydrogen-bond acceptors (Lipinski definition) is 4. The van der Waals surface area contributed by atoms with Crippen LogP contribution in [-0.4, -0.2) is 29.6 Å². The highest BCUT2D eigenvalue weighted by Gasteiger charge is 2.16. The fourth-order valence-electron chi connectivity index (χ4n) is 0.763. The van der Waals surface area contributed by atoms with Crippen LogP contribution in [0.3, 0.4) is 0 Å². The maximum Gasteiger partial charge on any atom is 0.280 e. The Morgan fingerprint density at radius 2 is 1.92 bits per heavy atom. The van der Waals surface area contributed by atoms with E-state index >= 15 is 0 Å². The van der Waals surface area contributed by atoms with Crippen molar-refractivity contribution in [2.75, 3.05) is 0 Å². The summed E-state index contributed by atoms with van der Waals surface area (Å²) in [6.07, 6.45) is 0.685. The highest BCUT2D eigenvalue weighted by atomic mass is 32.2. The molecule has 0 fully saturated rings. The van der Waals surface area contributed by atoms with Crippen LogP contribution >= 0.6 is 0 Å². The van der Waals surface area contributed by atoms with Gasteiger partial charge in [-0.25, -0.2) is 0 Å². The Labute approximate surface area is 72.3 Å². The summed E-state index contributed by atoms with van der Waals surface area (Å²) >= 11 is 0. The van der Waals surface area contributed by atoms with Crippen molar-refractivity contribution in [2.45, 2.75) is 37.7 Å². The summed E-state index contributed by atoms with van der Waals surface area (Å²) in [5.41, 5.74) is 5.12. The molecule has 2 unspecified atom stereocenters. The number of hydrogen-bond donors (Lipinski definition) is 3. The van der Waals surface area contributed by atoms with E-state index in [4.69, 9.17) is 15.4 Å². The SMILES string of the molecule is CC(O)CCCC(N)S(=O)(=O)O. The summed E-state index contributed by atoms with van der Waals surface area (Å²) in [4.78, 5) is 0. The van der Waals surface area contributed by atoms with Crippen LogP contribution in [-0.2, 0) is 10.1 Å². The predicted molar refractivity (Wildman–Crippen MR) is 45.1 cm³/mol. The van der Waals surface area contributed by atoms with E-state index in [1.54, 1.807) is 6.92 Å². The average molecular weight is 197 g/mol. The fraction of sp³-hybridized carbons (Fsp3) is 1.00. The maximum atomic E-state index is 10.4. The van der Waals surface area contributed by atoms with Gasteiger partial charge in [0.25, 0.3) is 10.1 Å². The quantitative estimate of drug-likeness (QED) is 0.526. The minimum atomic E-state index is -4.10. The van der Waals surface area contributed by atoms with Crippen molar-refractivity contribution in [2.24, 2.45) is 5.73 Å². The van der Waals surface area contributed by atoms with E-state index in [-0.39, 0.29) is 6.42 Å². The smallest absolute Gasteiger partial charge is 0.280 e. The molecular formula is C6H15NO4S. The molecule has 0 rings (SSSR count). The van der Waals surface area contributed by atoms with Gasteiger partial charge in [-0.2, -0.15) is 8.42 Å². The first-order chi connectivity index (χ1) is 5.34. The van der Waals surface area contributed by atoms with E-state index in [0.717, 1.165) is 0 Å². The molecule has 6 heteroatoms. The van der Waals surface area contributed by atoms with E-state index < -0.39 is 21.6 Å². The molecule has 0 bridgehead atoms. The zero-order chi connectivity index (χ0) is 9.78. The van der Waals surface area contributed by atoms with Crippen LogP contribution in [0.5, 0.6) is 0 Å². The molecule has 0 aliphatic carbocycles. The maximum absolute atomic E-state index is 10.4. The summed E-state index contributed by atoms with van der Waals surface area (Å²) in [5.74, 6) is 0. The van der Waals surface area contributed by atoms with Crippen molar-refractivity contribution in [3.8, 4) is 0 Å². The molecule has 0 radical (unpaired) electrons. The number of aliphatic hydroxyl groups is 1. The third-order valence-corrected chi connectivity index (χ3v) is 2.49. The highest BCUT2D eigenvalue weighted by Crippen LogP contribution is 2.05. The summed E-state index contributed by atoms with van der Waals surface area (Å²) in [6, 6.07) is 0. The summed E-state index contributed by atoms with van der Waals surface area (Å²) in [7, 11) is -4.10. The summed E-state index contributed by atoms with van der Waals surface area (Å²) in [5, 5.41) is 7.59. The van der Waals surface area contributed by atoms with Crippen molar-refractivity contribution in [3.05, 3.63) is 0 Å². The lowest BCUT2D eigenvalue weighted by molar-refractivity contribution is 0.180. The third kappa shape index (κ3) is 5.48. The molecule has 2 atom stereocenters. The first-order valence-corrected chi connectivity index (χ1v) is 5.24. The van der Waals surface area contributed by atoms with Gasteiger partial charge in [0, 0.05) is 0 Å². The Kier molecular flexibility index (Phi) is 4.69. The molecule has 0 aromatic heterocycles. The molecule has 0 spiro atoms. The molecule has 0 aromatic carbocycles. The van der Waals surface area contributed by atoms with Crippen LogP contribution in [0.1, 0.15) is 26.2 Å². The molecule has 0 heterocycles. The molecule has 0 saturated heterocycles. The minimum Gasteiger partial charge on any atom is -0.393 e. The standard InChI is InChI=1S/C6H15NO4S/c1-5(8)3-2-4-6(7)12(9,10)11/h5-6,8H,2-4,7H2,1H3,(H,9,10,11). The average Bonchev–Trinajstić information content (AvgIpc) is 1.84. The van der Waals surface area contributed by atoms with Crippen molar-refractivity contribution < 1.29 is 18.1 Å². The van der Waals surface area contributed by atoms with E-state index in [2.05, 4.69) is 0 Å². The second kappa shape index (κ2) is 4.76. The van der Waals surface area contributed by atoms with Crippen LogP contribution in [0.15, 0.2) is 0 Å².